The molecule has 2 bridgehead atoms. The smallest absolute Gasteiger partial charge is 0.348 e. The first-order chi connectivity index (χ1) is 11.1. The van der Waals surface area contributed by atoms with E-state index >= 15 is 0 Å². The van der Waals surface area contributed by atoms with Gasteiger partial charge in [-0.15, -0.1) is 0 Å². The molecule has 1 N–H and O–H groups in total. The van der Waals surface area contributed by atoms with Crippen molar-refractivity contribution in [2.45, 2.75) is 62.6 Å². The topological polar surface area (TPSA) is 29.1 Å². The van der Waals surface area contributed by atoms with Crippen LogP contribution in [-0.2, 0) is 4.79 Å². The Kier molecular flexibility index (Phi) is 4.79. The Labute approximate surface area is 137 Å². The summed E-state index contributed by atoms with van der Waals surface area (Å²) in [5.41, 5.74) is 0. The van der Waals surface area contributed by atoms with Crippen molar-refractivity contribution < 1.29 is 44.3 Å². The Morgan fingerprint density at radius 3 is 1.88 bits per heavy atom. The second-order valence-electron chi connectivity index (χ2n) is 6.82. The van der Waals surface area contributed by atoms with E-state index < -0.39 is 35.9 Å². The minimum absolute atomic E-state index is 0.0889. The number of fused-ring (bicyclic) bond motifs is 2. The summed E-state index contributed by atoms with van der Waals surface area (Å²) in [4.78, 5) is 11.4. The van der Waals surface area contributed by atoms with Crippen LogP contribution in [0.1, 0.15) is 32.6 Å². The molecule has 2 aliphatic rings. The van der Waals surface area contributed by atoms with E-state index in [0.717, 1.165) is 19.3 Å². The quantitative estimate of drug-likeness (QED) is 0.699. The molecule has 25 heavy (non-hydrogen) atoms. The van der Waals surface area contributed by atoms with Crippen molar-refractivity contribution in [2.24, 2.45) is 17.8 Å². The third kappa shape index (κ3) is 3.07. The molecule has 0 heterocycles. The monoisotopic (exact) mass is 385 g/mol. The average Bonchev–Trinajstić information content (AvgIpc) is 3.07. The number of amides is 1. The summed E-state index contributed by atoms with van der Waals surface area (Å²) in [6.07, 6.45) is -3.88. The van der Waals surface area contributed by atoms with Crippen LogP contribution in [0.5, 0.6) is 0 Å². The largest absolute Gasteiger partial charge is 0.460 e. The first-order valence-corrected chi connectivity index (χ1v) is 7.64. The molecule has 2 rings (SSSR count). The van der Waals surface area contributed by atoms with Crippen LogP contribution < -0.4 is 5.32 Å². The van der Waals surface area contributed by atoms with E-state index in [1.807, 2.05) is 0 Å². The maximum atomic E-state index is 13.5. The second-order valence-corrected chi connectivity index (χ2v) is 6.82. The molecule has 0 aromatic carbocycles. The Morgan fingerprint density at radius 2 is 1.48 bits per heavy atom. The lowest BCUT2D eigenvalue weighted by atomic mass is 9.84. The van der Waals surface area contributed by atoms with Crippen LogP contribution in [-0.4, -0.2) is 35.9 Å². The Bertz CT molecular complexity index is 531. The van der Waals surface area contributed by atoms with Crippen molar-refractivity contribution in [1.82, 2.24) is 5.32 Å². The van der Waals surface area contributed by atoms with Gasteiger partial charge in [-0.2, -0.15) is 39.5 Å². The zero-order valence-corrected chi connectivity index (χ0v) is 12.9. The summed E-state index contributed by atoms with van der Waals surface area (Å²) in [5, 5.41) is 1.51. The molecule has 0 aliphatic heterocycles. The van der Waals surface area contributed by atoms with Crippen LogP contribution >= 0.6 is 0 Å². The van der Waals surface area contributed by atoms with Gasteiger partial charge in [-0.05, 0) is 43.9 Å². The highest BCUT2D eigenvalue weighted by Gasteiger charge is 2.83. The van der Waals surface area contributed by atoms with Gasteiger partial charge in [-0.3, -0.25) is 4.79 Å². The van der Waals surface area contributed by atoms with Crippen LogP contribution in [0.3, 0.4) is 0 Å². The molecule has 4 unspecified atom stereocenters. The lowest BCUT2D eigenvalue weighted by molar-refractivity contribution is -0.388. The summed E-state index contributed by atoms with van der Waals surface area (Å²) in [7, 11) is 0. The number of rotatable bonds is 5. The van der Waals surface area contributed by atoms with Crippen molar-refractivity contribution in [3.05, 3.63) is 0 Å². The van der Waals surface area contributed by atoms with Gasteiger partial charge in [-0.25, -0.2) is 0 Å². The summed E-state index contributed by atoms with van der Waals surface area (Å²) in [6, 6.07) is -1.04. The highest BCUT2D eigenvalue weighted by atomic mass is 19.4. The van der Waals surface area contributed by atoms with Crippen LogP contribution in [0.4, 0.5) is 39.5 Å². The third-order valence-electron chi connectivity index (χ3n) is 5.22. The maximum absolute atomic E-state index is 13.5. The normalized spacial score (nSPS) is 29.0. The number of hydrogen-bond acceptors (Lipinski definition) is 1. The van der Waals surface area contributed by atoms with E-state index in [1.54, 1.807) is 0 Å². The first-order valence-electron chi connectivity index (χ1n) is 7.64. The van der Waals surface area contributed by atoms with Gasteiger partial charge in [0.2, 0.25) is 0 Å². The van der Waals surface area contributed by atoms with Crippen LogP contribution in [0.2, 0.25) is 0 Å². The number of hydrogen-bond donors (Lipinski definition) is 1. The molecule has 2 fully saturated rings. The fourth-order valence-electron chi connectivity index (χ4n) is 3.83. The summed E-state index contributed by atoms with van der Waals surface area (Å²) in [5.74, 6) is -22.9. The minimum Gasteiger partial charge on any atom is -0.348 e. The second kappa shape index (κ2) is 5.94. The number of carbonyl (C=O) groups is 1. The lowest BCUT2D eigenvalue weighted by Crippen LogP contribution is -2.66. The first kappa shape index (κ1) is 20.2. The molecule has 4 atom stereocenters. The zero-order chi connectivity index (χ0) is 19.4. The molecule has 2 aliphatic carbocycles. The maximum Gasteiger partial charge on any atom is 0.460 e. The van der Waals surface area contributed by atoms with Crippen molar-refractivity contribution in [2.75, 3.05) is 0 Å². The molecule has 1 amide bonds. The highest BCUT2D eigenvalue weighted by Crippen LogP contribution is 2.53. The summed E-state index contributed by atoms with van der Waals surface area (Å²) < 4.78 is 115. The molecule has 2 nitrogen and oxygen atoms in total. The number of nitrogens with one attached hydrogen (secondary N) is 1. The van der Waals surface area contributed by atoms with Gasteiger partial charge in [0.15, 0.2) is 0 Å². The predicted molar refractivity (Wildman–Crippen MR) is 67.4 cm³/mol. The van der Waals surface area contributed by atoms with E-state index in [1.165, 1.54) is 12.2 Å². The van der Waals surface area contributed by atoms with E-state index in [2.05, 4.69) is 0 Å². The fourth-order valence-corrected chi connectivity index (χ4v) is 3.83. The summed E-state index contributed by atoms with van der Waals surface area (Å²) in [6.45, 7) is 1.25. The SMILES string of the molecule is CC(NC(=O)C(F)(F)C(F)(F)C(F)(F)C(F)(F)F)C1CC2CCC1C2. The zero-order valence-electron chi connectivity index (χ0n) is 12.9. The van der Waals surface area contributed by atoms with Crippen molar-refractivity contribution in [3.63, 3.8) is 0 Å². The molecule has 0 spiro atoms. The Balaban J connectivity index is 2.13. The molecule has 0 aromatic rings. The Morgan fingerprint density at radius 1 is 0.920 bits per heavy atom. The van der Waals surface area contributed by atoms with Crippen molar-refractivity contribution in [1.29, 1.82) is 0 Å². The molecule has 0 radical (unpaired) electrons. The fraction of sp³-hybridized carbons (Fsp3) is 0.929. The van der Waals surface area contributed by atoms with Crippen LogP contribution in [0.25, 0.3) is 0 Å². The molecule has 0 aromatic heterocycles. The highest BCUT2D eigenvalue weighted by molar-refractivity contribution is 5.85. The van der Waals surface area contributed by atoms with Gasteiger partial charge in [0, 0.05) is 6.04 Å². The molecule has 11 heteroatoms. The molecule has 0 saturated heterocycles. The number of alkyl halides is 9. The van der Waals surface area contributed by atoms with Crippen molar-refractivity contribution in [3.8, 4) is 0 Å². The van der Waals surface area contributed by atoms with Gasteiger partial charge in [-0.1, -0.05) is 6.42 Å². The van der Waals surface area contributed by atoms with Gasteiger partial charge in [0.05, 0.1) is 0 Å². The van der Waals surface area contributed by atoms with Gasteiger partial charge in [0.25, 0.3) is 5.91 Å². The minimum atomic E-state index is -7.06. The summed E-state index contributed by atoms with van der Waals surface area (Å²) >= 11 is 0. The van der Waals surface area contributed by atoms with Gasteiger partial charge in [0.1, 0.15) is 0 Å². The standard InChI is InChI=1S/C14H16F9NO/c1-6(9-5-7-2-3-8(9)4-7)24-10(25)11(15,16)12(17,18)13(19,20)14(21,22)23/h6-9H,2-5H2,1H3,(H,24,25). The third-order valence-corrected chi connectivity index (χ3v) is 5.22. The van der Waals surface area contributed by atoms with E-state index in [0.29, 0.717) is 12.3 Å². The average molecular weight is 385 g/mol. The van der Waals surface area contributed by atoms with Crippen molar-refractivity contribution >= 4 is 5.91 Å². The Hall–Kier alpha value is -1.16. The van der Waals surface area contributed by atoms with E-state index in [4.69, 9.17) is 0 Å². The lowest BCUT2D eigenvalue weighted by Gasteiger charge is -2.34. The molecular formula is C14H16F9NO. The van der Waals surface area contributed by atoms with Crippen LogP contribution in [0, 0.1) is 17.8 Å². The number of carbonyl (C=O) groups excluding carboxylic acids is 1. The van der Waals surface area contributed by atoms with Gasteiger partial charge >= 0.3 is 23.9 Å². The molecule has 2 saturated carbocycles. The van der Waals surface area contributed by atoms with E-state index in [-0.39, 0.29) is 11.8 Å². The van der Waals surface area contributed by atoms with Crippen LogP contribution in [0.15, 0.2) is 0 Å². The molecular weight excluding hydrogens is 369 g/mol. The van der Waals surface area contributed by atoms with E-state index in [9.17, 15) is 44.3 Å². The molecule has 146 valence electrons. The number of halogens is 9. The van der Waals surface area contributed by atoms with Gasteiger partial charge < -0.3 is 5.32 Å². The predicted octanol–water partition coefficient (Wildman–Crippen LogP) is 4.40.